The first-order chi connectivity index (χ1) is 21.1. The summed E-state index contributed by atoms with van der Waals surface area (Å²) in [5, 5.41) is -0.401. The van der Waals surface area contributed by atoms with Crippen LogP contribution in [0.1, 0.15) is 34.7 Å². The summed E-state index contributed by atoms with van der Waals surface area (Å²) < 4.78 is 62.8. The largest absolute Gasteiger partial charge is 0.481 e. The Balaban J connectivity index is 1.43. The van der Waals surface area contributed by atoms with Gasteiger partial charge in [-0.25, -0.2) is 32.2 Å². The molecule has 0 radical (unpaired) electrons. The number of aromatic nitrogens is 4. The molecule has 0 aliphatic carbocycles. The number of methoxy groups -OCH3 is 1. The fourth-order valence-electron chi connectivity index (χ4n) is 4.97. The number of hydrogen-bond donors (Lipinski definition) is 0. The first-order valence-electron chi connectivity index (χ1n) is 13.9. The maximum absolute atomic E-state index is 14.8. The van der Waals surface area contributed by atoms with Crippen LogP contribution >= 0.6 is 0 Å². The van der Waals surface area contributed by atoms with Crippen LogP contribution < -0.4 is 10.3 Å². The van der Waals surface area contributed by atoms with Crippen LogP contribution in [0.25, 0.3) is 11.3 Å². The van der Waals surface area contributed by atoms with E-state index in [1.807, 2.05) is 30.3 Å². The molecule has 2 aromatic carbocycles. The molecule has 0 saturated heterocycles. The zero-order valence-electron chi connectivity index (χ0n) is 24.2. The number of hydrogen-bond acceptors (Lipinski definition) is 7. The smallest absolute Gasteiger partial charge is 0.286 e. The minimum absolute atomic E-state index is 0.0284. The summed E-state index contributed by atoms with van der Waals surface area (Å²) in [6.07, 6.45) is 3.46. The highest BCUT2D eigenvalue weighted by Gasteiger charge is 2.24. The molecule has 1 unspecified atom stereocenters. The van der Waals surface area contributed by atoms with Crippen molar-refractivity contribution in [3.8, 4) is 17.1 Å². The van der Waals surface area contributed by atoms with Crippen LogP contribution in [0.3, 0.4) is 0 Å². The Labute approximate surface area is 254 Å². The number of aryl methyl sites for hydroxylation is 1. The van der Waals surface area contributed by atoms with Crippen LogP contribution in [-0.2, 0) is 22.8 Å². The van der Waals surface area contributed by atoms with Crippen molar-refractivity contribution in [2.45, 2.75) is 37.4 Å². The highest BCUT2D eigenvalue weighted by Crippen LogP contribution is 2.28. The maximum Gasteiger partial charge on any atom is 0.286 e. The first-order valence-corrected chi connectivity index (χ1v) is 15.5. The Morgan fingerprint density at radius 2 is 1.68 bits per heavy atom. The van der Waals surface area contributed by atoms with Gasteiger partial charge in [0.15, 0.2) is 5.82 Å². The molecule has 44 heavy (non-hydrogen) atoms. The summed E-state index contributed by atoms with van der Waals surface area (Å²) in [7, 11) is -2.54. The van der Waals surface area contributed by atoms with Crippen molar-refractivity contribution in [3.63, 3.8) is 0 Å². The van der Waals surface area contributed by atoms with E-state index in [2.05, 4.69) is 15.0 Å². The minimum atomic E-state index is -4.00. The highest BCUT2D eigenvalue weighted by atomic mass is 32.2. The molecular formula is C33H30F2N4O4S. The molecule has 11 heteroatoms. The van der Waals surface area contributed by atoms with Crippen molar-refractivity contribution in [2.75, 3.05) is 12.9 Å². The molecular weight excluding hydrogens is 586 g/mol. The second kappa shape index (κ2) is 13.3. The molecule has 1 atom stereocenters. The number of rotatable bonds is 11. The number of ether oxygens (including phenoxy) is 1. The van der Waals surface area contributed by atoms with Gasteiger partial charge in [0.1, 0.15) is 5.82 Å². The number of halogens is 2. The third kappa shape index (κ3) is 7.23. The minimum Gasteiger partial charge on any atom is -0.481 e. The van der Waals surface area contributed by atoms with Crippen molar-refractivity contribution in [3.05, 3.63) is 136 Å². The van der Waals surface area contributed by atoms with E-state index in [9.17, 15) is 22.0 Å². The normalized spacial score (nSPS) is 12.2. The highest BCUT2D eigenvalue weighted by molar-refractivity contribution is 7.91. The molecule has 0 aliphatic heterocycles. The number of pyridine rings is 2. The van der Waals surface area contributed by atoms with Crippen molar-refractivity contribution >= 4 is 9.84 Å². The second-order valence-electron chi connectivity index (χ2n) is 10.4. The van der Waals surface area contributed by atoms with Gasteiger partial charge in [0.2, 0.25) is 20.9 Å². The van der Waals surface area contributed by atoms with E-state index in [-0.39, 0.29) is 41.7 Å². The van der Waals surface area contributed by atoms with Gasteiger partial charge in [0, 0.05) is 29.7 Å². The topological polar surface area (TPSA) is 104 Å². The van der Waals surface area contributed by atoms with Crippen LogP contribution in [0, 0.1) is 18.6 Å². The first kappa shape index (κ1) is 30.7. The monoisotopic (exact) mass is 616 g/mol. The summed E-state index contributed by atoms with van der Waals surface area (Å²) >= 11 is 0. The molecule has 0 aliphatic rings. The Hall–Kier alpha value is -4.77. The zero-order chi connectivity index (χ0) is 31.3. The van der Waals surface area contributed by atoms with Gasteiger partial charge in [-0.1, -0.05) is 48.5 Å². The van der Waals surface area contributed by atoms with Gasteiger partial charge in [-0.05, 0) is 66.6 Å². The summed E-state index contributed by atoms with van der Waals surface area (Å²) in [6.45, 7) is 1.64. The SMILES string of the molecule is COc1cc(Cn2cc(-c3cc(C)nc(S(=O)(=O)CCC(Cc4ccccc4F)c4ccccc4)n3)cc(F)c2=O)ccn1. The average molecular weight is 617 g/mol. The molecule has 0 bridgehead atoms. The van der Waals surface area contributed by atoms with Gasteiger partial charge in [0.25, 0.3) is 5.56 Å². The molecule has 0 saturated carbocycles. The van der Waals surface area contributed by atoms with Gasteiger partial charge >= 0.3 is 0 Å². The summed E-state index contributed by atoms with van der Waals surface area (Å²) in [5.41, 5.74) is 1.92. The molecule has 3 aromatic heterocycles. The summed E-state index contributed by atoms with van der Waals surface area (Å²) in [6, 6.07) is 21.7. The van der Waals surface area contributed by atoms with Crippen LogP contribution in [-0.4, -0.2) is 40.8 Å². The van der Waals surface area contributed by atoms with E-state index < -0.39 is 26.4 Å². The van der Waals surface area contributed by atoms with Gasteiger partial charge in [-0.2, -0.15) is 0 Å². The van der Waals surface area contributed by atoms with Gasteiger partial charge in [-0.3, -0.25) is 4.79 Å². The van der Waals surface area contributed by atoms with E-state index in [0.29, 0.717) is 29.1 Å². The molecule has 5 rings (SSSR count). The molecule has 0 amide bonds. The van der Waals surface area contributed by atoms with E-state index >= 15 is 0 Å². The Morgan fingerprint density at radius 1 is 0.932 bits per heavy atom. The molecule has 0 fully saturated rings. The second-order valence-corrected chi connectivity index (χ2v) is 12.4. The van der Waals surface area contributed by atoms with Crippen molar-refractivity contribution in [1.82, 2.24) is 19.5 Å². The third-order valence-corrected chi connectivity index (χ3v) is 8.75. The summed E-state index contributed by atoms with van der Waals surface area (Å²) in [5.74, 6) is -1.59. The fraction of sp³-hybridized carbons (Fsp3) is 0.212. The average Bonchev–Trinajstić information content (AvgIpc) is 3.02. The zero-order valence-corrected chi connectivity index (χ0v) is 25.0. The molecule has 3 heterocycles. The predicted octanol–water partition coefficient (Wildman–Crippen LogP) is 5.53. The Morgan fingerprint density at radius 3 is 2.43 bits per heavy atom. The van der Waals surface area contributed by atoms with Gasteiger partial charge < -0.3 is 9.30 Å². The lowest BCUT2D eigenvalue weighted by Crippen LogP contribution is -2.23. The Kier molecular flexibility index (Phi) is 9.24. The van der Waals surface area contributed by atoms with E-state index in [1.54, 1.807) is 37.3 Å². The standard InChI is InChI=1S/C33H30F2N4O4S/c1-22-16-30(27-19-29(35)32(40)39(21-27)20-23-12-14-36-31(17-23)43-2)38-33(37-22)44(41,42)15-13-25(24-8-4-3-5-9-24)18-26-10-6-7-11-28(26)34/h3-12,14,16-17,19,21,25H,13,15,18,20H2,1-2H3. The van der Waals surface area contributed by atoms with Crippen LogP contribution in [0.15, 0.2) is 101 Å². The van der Waals surface area contributed by atoms with Crippen molar-refractivity contribution in [2.24, 2.45) is 0 Å². The van der Waals surface area contributed by atoms with E-state index in [0.717, 1.165) is 11.6 Å². The molecule has 0 spiro atoms. The molecule has 8 nitrogen and oxygen atoms in total. The quantitative estimate of drug-likeness (QED) is 0.180. The lowest BCUT2D eigenvalue weighted by molar-refractivity contribution is 0.397. The predicted molar refractivity (Wildman–Crippen MR) is 162 cm³/mol. The van der Waals surface area contributed by atoms with Crippen molar-refractivity contribution in [1.29, 1.82) is 0 Å². The lowest BCUT2D eigenvalue weighted by Gasteiger charge is -2.18. The molecule has 0 N–H and O–H groups in total. The Bertz CT molecular complexity index is 1950. The van der Waals surface area contributed by atoms with Crippen molar-refractivity contribution < 1.29 is 21.9 Å². The van der Waals surface area contributed by atoms with Crippen LogP contribution in [0.5, 0.6) is 5.88 Å². The fourth-order valence-corrected chi connectivity index (χ4v) is 6.27. The molecule has 226 valence electrons. The van der Waals surface area contributed by atoms with E-state index in [4.69, 9.17) is 4.74 Å². The third-order valence-electron chi connectivity index (χ3n) is 7.24. The van der Waals surface area contributed by atoms with E-state index in [1.165, 1.54) is 36.2 Å². The number of nitrogens with zero attached hydrogens (tertiary/aromatic N) is 4. The number of sulfone groups is 1. The maximum atomic E-state index is 14.8. The van der Waals surface area contributed by atoms with Gasteiger partial charge in [-0.15, -0.1) is 0 Å². The number of benzene rings is 2. The van der Waals surface area contributed by atoms with Crippen LogP contribution in [0.2, 0.25) is 0 Å². The molecule has 5 aromatic rings. The van der Waals surface area contributed by atoms with Crippen LogP contribution in [0.4, 0.5) is 8.78 Å². The summed E-state index contributed by atoms with van der Waals surface area (Å²) in [4.78, 5) is 25.1. The van der Waals surface area contributed by atoms with Gasteiger partial charge in [0.05, 0.1) is 25.1 Å². The lowest BCUT2D eigenvalue weighted by atomic mass is 9.90.